The summed E-state index contributed by atoms with van der Waals surface area (Å²) in [5, 5.41) is 11.3. The van der Waals surface area contributed by atoms with Crippen LogP contribution in [0.2, 0.25) is 0 Å². The summed E-state index contributed by atoms with van der Waals surface area (Å²) in [6, 6.07) is 0.633. The highest BCUT2D eigenvalue weighted by Crippen LogP contribution is 2.21. The molecule has 2 aliphatic rings. The van der Waals surface area contributed by atoms with Crippen molar-refractivity contribution in [2.45, 2.75) is 44.6 Å². The number of amides is 1. The average molecular weight is 268 g/mol. The quantitative estimate of drug-likeness (QED) is 0.340. The average Bonchev–Trinajstić information content (AvgIpc) is 2.48. The van der Waals surface area contributed by atoms with Crippen molar-refractivity contribution in [2.24, 2.45) is 10.9 Å². The molecule has 0 aromatic carbocycles. The lowest BCUT2D eigenvalue weighted by molar-refractivity contribution is -0.131. The SMILES string of the molecule is NC(CC(=O)N1CCC(N2CCCCC2)CC1)=NO. The van der Waals surface area contributed by atoms with E-state index in [4.69, 9.17) is 10.9 Å². The maximum absolute atomic E-state index is 11.9. The summed E-state index contributed by atoms with van der Waals surface area (Å²) in [6.45, 7) is 4.00. The summed E-state index contributed by atoms with van der Waals surface area (Å²) in [5.74, 6) is -0.0458. The second-order valence-electron chi connectivity index (χ2n) is 5.48. The number of nitrogens with two attached hydrogens (primary N) is 1. The van der Waals surface area contributed by atoms with E-state index >= 15 is 0 Å². The maximum Gasteiger partial charge on any atom is 0.230 e. The molecule has 0 spiro atoms. The van der Waals surface area contributed by atoms with Crippen LogP contribution in [-0.2, 0) is 4.79 Å². The molecule has 6 heteroatoms. The van der Waals surface area contributed by atoms with Crippen molar-refractivity contribution < 1.29 is 10.0 Å². The molecule has 0 aromatic heterocycles. The van der Waals surface area contributed by atoms with E-state index in [2.05, 4.69) is 10.1 Å². The van der Waals surface area contributed by atoms with Gasteiger partial charge in [-0.3, -0.25) is 4.79 Å². The molecule has 1 amide bonds. The van der Waals surface area contributed by atoms with Gasteiger partial charge in [0.15, 0.2) is 0 Å². The monoisotopic (exact) mass is 268 g/mol. The Morgan fingerprint density at radius 3 is 2.37 bits per heavy atom. The van der Waals surface area contributed by atoms with E-state index in [1.54, 1.807) is 0 Å². The van der Waals surface area contributed by atoms with Crippen LogP contribution in [0.5, 0.6) is 0 Å². The number of carbonyl (C=O) groups excluding carboxylic acids is 1. The molecule has 0 aliphatic carbocycles. The summed E-state index contributed by atoms with van der Waals surface area (Å²) < 4.78 is 0. The Bertz CT molecular complexity index is 332. The van der Waals surface area contributed by atoms with E-state index in [1.165, 1.54) is 32.4 Å². The van der Waals surface area contributed by atoms with Crippen molar-refractivity contribution in [3.63, 3.8) is 0 Å². The molecule has 0 radical (unpaired) electrons. The Hall–Kier alpha value is -1.30. The number of amidine groups is 1. The first-order chi connectivity index (χ1) is 9.20. The van der Waals surface area contributed by atoms with Crippen LogP contribution in [-0.4, -0.2) is 59.0 Å². The molecule has 19 heavy (non-hydrogen) atoms. The fraction of sp³-hybridized carbons (Fsp3) is 0.846. The predicted octanol–water partition coefficient (Wildman–Crippen LogP) is 0.600. The second-order valence-corrected chi connectivity index (χ2v) is 5.48. The van der Waals surface area contributed by atoms with Crippen molar-refractivity contribution in [3.8, 4) is 0 Å². The van der Waals surface area contributed by atoms with E-state index in [1.807, 2.05) is 4.90 Å². The Morgan fingerprint density at radius 1 is 1.16 bits per heavy atom. The third kappa shape index (κ3) is 3.83. The van der Waals surface area contributed by atoms with Gasteiger partial charge in [-0.15, -0.1) is 0 Å². The van der Waals surface area contributed by atoms with Gasteiger partial charge in [-0.2, -0.15) is 0 Å². The molecular formula is C13H24N4O2. The summed E-state index contributed by atoms with van der Waals surface area (Å²) in [6.07, 6.45) is 6.08. The van der Waals surface area contributed by atoms with Crippen LogP contribution in [0.25, 0.3) is 0 Å². The molecule has 2 heterocycles. The molecule has 2 rings (SSSR count). The number of carbonyl (C=O) groups is 1. The lowest BCUT2D eigenvalue weighted by Crippen LogP contribution is -2.48. The van der Waals surface area contributed by atoms with Gasteiger partial charge in [0, 0.05) is 19.1 Å². The molecule has 0 unspecified atom stereocenters. The standard InChI is InChI=1S/C13H24N4O2/c14-12(15-19)10-13(18)17-8-4-11(5-9-17)16-6-2-1-3-7-16/h11,19H,1-10H2,(H2,14,15). The Kier molecular flexibility index (Phi) is 5.01. The molecule has 2 saturated heterocycles. The normalized spacial score (nSPS) is 23.6. The van der Waals surface area contributed by atoms with Gasteiger partial charge in [0.05, 0.1) is 6.42 Å². The molecule has 0 bridgehead atoms. The number of likely N-dealkylation sites (tertiary alicyclic amines) is 2. The number of hydrogen-bond acceptors (Lipinski definition) is 4. The van der Waals surface area contributed by atoms with Crippen LogP contribution < -0.4 is 5.73 Å². The van der Waals surface area contributed by atoms with Gasteiger partial charge in [-0.05, 0) is 38.8 Å². The summed E-state index contributed by atoms with van der Waals surface area (Å²) in [7, 11) is 0. The molecule has 2 fully saturated rings. The summed E-state index contributed by atoms with van der Waals surface area (Å²) in [4.78, 5) is 16.3. The third-order valence-electron chi connectivity index (χ3n) is 4.19. The summed E-state index contributed by atoms with van der Waals surface area (Å²) in [5.41, 5.74) is 5.37. The zero-order chi connectivity index (χ0) is 13.7. The third-order valence-corrected chi connectivity index (χ3v) is 4.19. The van der Waals surface area contributed by atoms with Crippen molar-refractivity contribution in [2.75, 3.05) is 26.2 Å². The van der Waals surface area contributed by atoms with Crippen LogP contribution in [0.1, 0.15) is 38.5 Å². The second kappa shape index (κ2) is 6.75. The van der Waals surface area contributed by atoms with E-state index in [9.17, 15) is 4.79 Å². The van der Waals surface area contributed by atoms with Gasteiger partial charge in [-0.1, -0.05) is 11.6 Å². The van der Waals surface area contributed by atoms with Crippen LogP contribution >= 0.6 is 0 Å². The van der Waals surface area contributed by atoms with Crippen LogP contribution in [0.15, 0.2) is 5.16 Å². The number of piperidine rings is 2. The van der Waals surface area contributed by atoms with Crippen LogP contribution in [0.3, 0.4) is 0 Å². The Labute approximate surface area is 114 Å². The van der Waals surface area contributed by atoms with Crippen molar-refractivity contribution >= 4 is 11.7 Å². The minimum absolute atomic E-state index is 0.0110. The highest BCUT2D eigenvalue weighted by Gasteiger charge is 2.27. The van der Waals surface area contributed by atoms with Gasteiger partial charge in [0.2, 0.25) is 5.91 Å². The number of rotatable bonds is 3. The Morgan fingerprint density at radius 2 is 1.79 bits per heavy atom. The molecule has 0 atom stereocenters. The molecular weight excluding hydrogens is 244 g/mol. The van der Waals surface area contributed by atoms with Gasteiger partial charge in [-0.25, -0.2) is 0 Å². The van der Waals surface area contributed by atoms with Crippen molar-refractivity contribution in [3.05, 3.63) is 0 Å². The molecule has 108 valence electrons. The molecule has 2 aliphatic heterocycles. The smallest absolute Gasteiger partial charge is 0.230 e. The number of oxime groups is 1. The topological polar surface area (TPSA) is 82.2 Å². The molecule has 0 aromatic rings. The van der Waals surface area contributed by atoms with Gasteiger partial charge in [0.1, 0.15) is 5.84 Å². The van der Waals surface area contributed by atoms with Gasteiger partial charge in [0.25, 0.3) is 0 Å². The van der Waals surface area contributed by atoms with Crippen LogP contribution in [0.4, 0.5) is 0 Å². The largest absolute Gasteiger partial charge is 0.409 e. The number of nitrogens with zero attached hydrogens (tertiary/aromatic N) is 3. The van der Waals surface area contributed by atoms with Crippen molar-refractivity contribution in [1.82, 2.24) is 9.80 Å². The Balaban J connectivity index is 1.76. The minimum Gasteiger partial charge on any atom is -0.409 e. The predicted molar refractivity (Wildman–Crippen MR) is 73.1 cm³/mol. The lowest BCUT2D eigenvalue weighted by Gasteiger charge is -2.40. The zero-order valence-electron chi connectivity index (χ0n) is 11.4. The highest BCUT2D eigenvalue weighted by molar-refractivity contribution is 5.98. The fourth-order valence-corrected chi connectivity index (χ4v) is 3.07. The van der Waals surface area contributed by atoms with Crippen LogP contribution in [0, 0.1) is 0 Å². The van der Waals surface area contributed by atoms with E-state index < -0.39 is 0 Å². The minimum atomic E-state index is -0.0348. The first kappa shape index (κ1) is 14.1. The van der Waals surface area contributed by atoms with E-state index in [0.29, 0.717) is 6.04 Å². The molecule has 0 saturated carbocycles. The van der Waals surface area contributed by atoms with Gasteiger partial charge < -0.3 is 20.7 Å². The zero-order valence-corrected chi connectivity index (χ0v) is 11.4. The van der Waals surface area contributed by atoms with Gasteiger partial charge >= 0.3 is 0 Å². The first-order valence-corrected chi connectivity index (χ1v) is 7.19. The first-order valence-electron chi connectivity index (χ1n) is 7.19. The number of hydrogen-bond donors (Lipinski definition) is 2. The maximum atomic E-state index is 11.9. The molecule has 6 nitrogen and oxygen atoms in total. The lowest BCUT2D eigenvalue weighted by atomic mass is 9.99. The van der Waals surface area contributed by atoms with E-state index in [0.717, 1.165) is 25.9 Å². The van der Waals surface area contributed by atoms with Crippen molar-refractivity contribution in [1.29, 1.82) is 0 Å². The fourth-order valence-electron chi connectivity index (χ4n) is 3.07. The van der Waals surface area contributed by atoms with E-state index in [-0.39, 0.29) is 18.2 Å². The molecule has 3 N–H and O–H groups in total. The summed E-state index contributed by atoms with van der Waals surface area (Å²) >= 11 is 0. The highest BCUT2D eigenvalue weighted by atomic mass is 16.4.